The second-order valence-corrected chi connectivity index (χ2v) is 6.64. The zero-order chi connectivity index (χ0) is 15.6. The molecule has 0 saturated carbocycles. The molecule has 0 aliphatic carbocycles. The Balaban J connectivity index is 2.12. The molecule has 1 aliphatic heterocycles. The number of aromatic carboxylic acids is 1. The van der Waals surface area contributed by atoms with E-state index in [1.165, 1.54) is 6.92 Å². The van der Waals surface area contributed by atoms with Gasteiger partial charge in [0.1, 0.15) is 4.90 Å². The third-order valence-corrected chi connectivity index (χ3v) is 4.79. The number of aryl methyl sites for hydroxylation is 1. The molecule has 21 heavy (non-hydrogen) atoms. The molecule has 9 nitrogen and oxygen atoms in total. The van der Waals surface area contributed by atoms with E-state index in [-0.39, 0.29) is 23.2 Å². The van der Waals surface area contributed by atoms with E-state index >= 15 is 0 Å². The summed E-state index contributed by atoms with van der Waals surface area (Å²) in [6.45, 7) is 3.48. The van der Waals surface area contributed by atoms with E-state index in [1.807, 2.05) is 11.9 Å². The SMILES string of the molecule is Cc1[nH]nc(C(=O)O)c1S(=O)(=O)NCC1CN(C)CCO1. The van der Waals surface area contributed by atoms with Crippen molar-refractivity contribution in [1.82, 2.24) is 19.8 Å². The number of carboxylic acid groups (broad SMARTS) is 1. The summed E-state index contributed by atoms with van der Waals surface area (Å²) in [4.78, 5) is 12.7. The molecule has 0 radical (unpaired) electrons. The highest BCUT2D eigenvalue weighted by atomic mass is 32.2. The fourth-order valence-electron chi connectivity index (χ4n) is 2.16. The summed E-state index contributed by atoms with van der Waals surface area (Å²) >= 11 is 0. The van der Waals surface area contributed by atoms with Crippen LogP contribution in [0, 0.1) is 6.92 Å². The maximum atomic E-state index is 12.3. The summed E-state index contributed by atoms with van der Waals surface area (Å²) in [5.74, 6) is -1.40. The predicted octanol–water partition coefficient (Wildman–Crippen LogP) is -0.975. The van der Waals surface area contributed by atoms with Crippen molar-refractivity contribution in [2.45, 2.75) is 17.9 Å². The molecule has 0 spiro atoms. The first-order valence-electron chi connectivity index (χ1n) is 6.39. The monoisotopic (exact) mass is 318 g/mol. The van der Waals surface area contributed by atoms with Gasteiger partial charge in [0.05, 0.1) is 18.4 Å². The van der Waals surface area contributed by atoms with Gasteiger partial charge in [0.15, 0.2) is 5.69 Å². The minimum Gasteiger partial charge on any atom is -0.476 e. The second-order valence-electron chi connectivity index (χ2n) is 4.94. The topological polar surface area (TPSA) is 125 Å². The third kappa shape index (κ3) is 3.59. The highest BCUT2D eigenvalue weighted by Crippen LogP contribution is 2.17. The number of nitrogens with one attached hydrogen (secondary N) is 2. The largest absolute Gasteiger partial charge is 0.476 e. The van der Waals surface area contributed by atoms with Gasteiger partial charge in [0, 0.05) is 19.6 Å². The standard InChI is InChI=1S/C11H18N4O5S/c1-7-10(9(11(16)17)14-13-7)21(18,19)12-5-8-6-15(2)3-4-20-8/h8,12H,3-6H2,1-2H3,(H,13,14)(H,16,17). The second kappa shape index (κ2) is 6.10. The summed E-state index contributed by atoms with van der Waals surface area (Å²) in [7, 11) is -2.04. The zero-order valence-corrected chi connectivity index (χ0v) is 12.6. The lowest BCUT2D eigenvalue weighted by Crippen LogP contribution is -2.46. The lowest BCUT2D eigenvalue weighted by Gasteiger charge is -2.30. The molecule has 1 saturated heterocycles. The molecule has 0 amide bonds. The summed E-state index contributed by atoms with van der Waals surface area (Å²) in [5.41, 5.74) is -0.330. The molecule has 118 valence electrons. The Bertz CT molecular complexity index is 627. The molecule has 10 heteroatoms. The van der Waals surface area contributed by atoms with Gasteiger partial charge in [-0.1, -0.05) is 0 Å². The van der Waals surface area contributed by atoms with E-state index in [9.17, 15) is 13.2 Å². The Labute approximate surface area is 122 Å². The van der Waals surface area contributed by atoms with Gasteiger partial charge in [0.25, 0.3) is 0 Å². The Morgan fingerprint density at radius 2 is 2.33 bits per heavy atom. The number of ether oxygens (including phenoxy) is 1. The summed E-state index contributed by atoms with van der Waals surface area (Å²) < 4.78 is 32.4. The maximum Gasteiger partial charge on any atom is 0.357 e. The van der Waals surface area contributed by atoms with Crippen molar-refractivity contribution in [2.24, 2.45) is 0 Å². The van der Waals surface area contributed by atoms with Crippen LogP contribution in [-0.2, 0) is 14.8 Å². The Hall–Kier alpha value is -1.49. The highest BCUT2D eigenvalue weighted by molar-refractivity contribution is 7.89. The minimum absolute atomic E-state index is 0.0797. The van der Waals surface area contributed by atoms with E-state index in [0.29, 0.717) is 13.2 Å². The van der Waals surface area contributed by atoms with E-state index in [1.54, 1.807) is 0 Å². The first-order chi connectivity index (χ1) is 9.81. The molecular formula is C11H18N4O5S. The van der Waals surface area contributed by atoms with Crippen LogP contribution in [0.3, 0.4) is 0 Å². The van der Waals surface area contributed by atoms with Gasteiger partial charge in [-0.05, 0) is 14.0 Å². The molecule has 1 atom stereocenters. The highest BCUT2D eigenvalue weighted by Gasteiger charge is 2.29. The lowest BCUT2D eigenvalue weighted by molar-refractivity contribution is -0.0156. The molecule has 0 aromatic carbocycles. The summed E-state index contributed by atoms with van der Waals surface area (Å²) in [6, 6.07) is 0. The molecule has 1 aliphatic rings. The van der Waals surface area contributed by atoms with Crippen LogP contribution in [0.5, 0.6) is 0 Å². The van der Waals surface area contributed by atoms with Gasteiger partial charge in [-0.25, -0.2) is 17.9 Å². The van der Waals surface area contributed by atoms with Crippen molar-refractivity contribution in [1.29, 1.82) is 0 Å². The van der Waals surface area contributed by atoms with Crippen molar-refractivity contribution >= 4 is 16.0 Å². The first kappa shape index (κ1) is 15.9. The van der Waals surface area contributed by atoms with Crippen LogP contribution in [0.15, 0.2) is 4.90 Å². The van der Waals surface area contributed by atoms with Crippen LogP contribution in [0.25, 0.3) is 0 Å². The zero-order valence-electron chi connectivity index (χ0n) is 11.8. The number of morpholine rings is 1. The van der Waals surface area contributed by atoms with E-state index in [2.05, 4.69) is 14.9 Å². The average Bonchev–Trinajstić information content (AvgIpc) is 2.80. The summed E-state index contributed by atoms with van der Waals surface area (Å²) in [6.07, 6.45) is -0.265. The number of H-pyrrole nitrogens is 1. The van der Waals surface area contributed by atoms with Crippen LogP contribution in [0.1, 0.15) is 16.2 Å². The molecule has 1 unspecified atom stereocenters. The van der Waals surface area contributed by atoms with E-state index in [0.717, 1.165) is 6.54 Å². The van der Waals surface area contributed by atoms with E-state index < -0.39 is 21.7 Å². The molecule has 1 aromatic rings. The Kier molecular flexibility index (Phi) is 4.61. The smallest absolute Gasteiger partial charge is 0.357 e. The number of hydrogen-bond acceptors (Lipinski definition) is 6. The Morgan fingerprint density at radius 3 is 2.95 bits per heavy atom. The number of aromatic amines is 1. The van der Waals surface area contributed by atoms with Crippen molar-refractivity contribution < 1.29 is 23.1 Å². The average molecular weight is 318 g/mol. The van der Waals surface area contributed by atoms with Gasteiger partial charge >= 0.3 is 5.97 Å². The molecule has 1 fully saturated rings. The van der Waals surface area contributed by atoms with Gasteiger partial charge in [-0.2, -0.15) is 5.10 Å². The molecule has 3 N–H and O–H groups in total. The van der Waals surface area contributed by atoms with Gasteiger partial charge < -0.3 is 14.7 Å². The van der Waals surface area contributed by atoms with Crippen molar-refractivity contribution in [3.8, 4) is 0 Å². The quantitative estimate of drug-likeness (QED) is 0.637. The number of aromatic nitrogens is 2. The van der Waals surface area contributed by atoms with Gasteiger partial charge in [-0.15, -0.1) is 0 Å². The van der Waals surface area contributed by atoms with E-state index in [4.69, 9.17) is 9.84 Å². The molecule has 0 bridgehead atoms. The number of likely N-dealkylation sites (N-methyl/N-ethyl adjacent to an activating group) is 1. The van der Waals surface area contributed by atoms with Crippen LogP contribution >= 0.6 is 0 Å². The Morgan fingerprint density at radius 1 is 1.62 bits per heavy atom. The van der Waals surface area contributed by atoms with Crippen molar-refractivity contribution in [2.75, 3.05) is 33.3 Å². The van der Waals surface area contributed by atoms with Gasteiger partial charge in [-0.3, -0.25) is 5.10 Å². The van der Waals surface area contributed by atoms with Crippen LogP contribution in [-0.4, -0.2) is 74.0 Å². The van der Waals surface area contributed by atoms with Crippen LogP contribution in [0.4, 0.5) is 0 Å². The fraction of sp³-hybridized carbons (Fsp3) is 0.636. The number of rotatable bonds is 5. The third-order valence-electron chi connectivity index (χ3n) is 3.21. The normalized spacial score (nSPS) is 20.6. The number of nitrogens with zero attached hydrogens (tertiary/aromatic N) is 2. The molecular weight excluding hydrogens is 300 g/mol. The fourth-order valence-corrected chi connectivity index (χ4v) is 3.54. The van der Waals surface area contributed by atoms with Crippen LogP contribution in [0.2, 0.25) is 0 Å². The molecule has 1 aromatic heterocycles. The number of hydrogen-bond donors (Lipinski definition) is 3. The number of sulfonamides is 1. The van der Waals surface area contributed by atoms with Crippen LogP contribution < -0.4 is 4.72 Å². The van der Waals surface area contributed by atoms with Crippen molar-refractivity contribution in [3.63, 3.8) is 0 Å². The van der Waals surface area contributed by atoms with Gasteiger partial charge in [0.2, 0.25) is 10.0 Å². The number of carbonyl (C=O) groups is 1. The maximum absolute atomic E-state index is 12.3. The number of carboxylic acids is 1. The lowest BCUT2D eigenvalue weighted by atomic mass is 10.3. The molecule has 2 rings (SSSR count). The summed E-state index contributed by atoms with van der Waals surface area (Å²) in [5, 5.41) is 14.9. The molecule has 2 heterocycles. The predicted molar refractivity (Wildman–Crippen MR) is 72.7 cm³/mol. The minimum atomic E-state index is -3.96. The first-order valence-corrected chi connectivity index (χ1v) is 7.87. The van der Waals surface area contributed by atoms with Crippen molar-refractivity contribution in [3.05, 3.63) is 11.4 Å².